The van der Waals surface area contributed by atoms with Crippen molar-refractivity contribution in [3.05, 3.63) is 52.0 Å². The molecule has 1 aliphatic rings. The number of aryl methyl sites for hydroxylation is 1. The number of hydrogen-bond donors (Lipinski definition) is 1. The first-order chi connectivity index (χ1) is 14.4. The van der Waals surface area contributed by atoms with Gasteiger partial charge in [-0.3, -0.25) is 4.79 Å². The Morgan fingerprint density at radius 1 is 1.13 bits per heavy atom. The Kier molecular flexibility index (Phi) is 6.72. The van der Waals surface area contributed by atoms with E-state index in [2.05, 4.69) is 5.32 Å². The zero-order valence-corrected chi connectivity index (χ0v) is 18.2. The zero-order valence-electron chi connectivity index (χ0n) is 17.5. The van der Waals surface area contributed by atoms with E-state index in [1.165, 1.54) is 7.11 Å². The van der Waals surface area contributed by atoms with Crippen LogP contribution < -0.4 is 14.8 Å². The lowest BCUT2D eigenvalue weighted by molar-refractivity contribution is -0.141. The molecule has 1 N–H and O–H groups in total. The van der Waals surface area contributed by atoms with Crippen LogP contribution in [0.25, 0.3) is 0 Å². The van der Waals surface area contributed by atoms with Gasteiger partial charge >= 0.3 is 12.0 Å². The van der Waals surface area contributed by atoms with E-state index in [0.29, 0.717) is 35.2 Å². The van der Waals surface area contributed by atoms with Gasteiger partial charge in [0.2, 0.25) is 0 Å². The van der Waals surface area contributed by atoms with Crippen molar-refractivity contribution in [3.8, 4) is 11.5 Å². The summed E-state index contributed by atoms with van der Waals surface area (Å²) in [6.07, 6.45) is 0.649. The van der Waals surface area contributed by atoms with E-state index in [1.807, 2.05) is 25.1 Å². The van der Waals surface area contributed by atoms with Crippen LogP contribution in [-0.4, -0.2) is 44.8 Å². The summed E-state index contributed by atoms with van der Waals surface area (Å²) in [5.41, 5.74) is 3.36. The van der Waals surface area contributed by atoms with E-state index in [0.717, 1.165) is 16.7 Å². The maximum Gasteiger partial charge on any atom is 0.322 e. The fourth-order valence-electron chi connectivity index (χ4n) is 3.65. The highest BCUT2D eigenvalue weighted by molar-refractivity contribution is 6.31. The minimum atomic E-state index is -0.500. The van der Waals surface area contributed by atoms with Gasteiger partial charge in [-0.2, -0.15) is 0 Å². The monoisotopic (exact) mass is 432 g/mol. The van der Waals surface area contributed by atoms with E-state index in [-0.39, 0.29) is 12.5 Å². The predicted octanol–water partition coefficient (Wildman–Crippen LogP) is 4.36. The number of methoxy groups -OCH3 is 3. The van der Waals surface area contributed by atoms with Crippen LogP contribution in [0, 0.1) is 6.92 Å². The van der Waals surface area contributed by atoms with E-state index in [4.69, 9.17) is 25.8 Å². The van der Waals surface area contributed by atoms with Gasteiger partial charge in [0, 0.05) is 17.3 Å². The number of nitrogens with zero attached hydrogens (tertiary/aromatic N) is 1. The van der Waals surface area contributed by atoms with Crippen molar-refractivity contribution in [1.29, 1.82) is 0 Å². The Labute approximate surface area is 180 Å². The number of benzene rings is 2. The van der Waals surface area contributed by atoms with Gasteiger partial charge in [-0.1, -0.05) is 17.7 Å². The fourth-order valence-corrected chi connectivity index (χ4v) is 3.82. The molecule has 0 aliphatic carbocycles. The minimum absolute atomic E-state index is 0.0287. The van der Waals surface area contributed by atoms with E-state index < -0.39 is 12.0 Å². The molecule has 0 aromatic heterocycles. The van der Waals surface area contributed by atoms with Crippen molar-refractivity contribution < 1.29 is 23.8 Å². The molecule has 1 heterocycles. The first-order valence-corrected chi connectivity index (χ1v) is 9.91. The van der Waals surface area contributed by atoms with Crippen molar-refractivity contribution >= 4 is 29.3 Å². The number of nitrogens with one attached hydrogen (secondary N) is 1. The van der Waals surface area contributed by atoms with E-state index in [1.54, 1.807) is 31.3 Å². The predicted molar refractivity (Wildman–Crippen MR) is 115 cm³/mol. The Morgan fingerprint density at radius 3 is 2.50 bits per heavy atom. The normalized spacial score (nSPS) is 15.2. The van der Waals surface area contributed by atoms with Gasteiger partial charge in [-0.05, 0) is 54.3 Å². The van der Waals surface area contributed by atoms with Crippen molar-refractivity contribution in [1.82, 2.24) is 4.90 Å². The third kappa shape index (κ3) is 4.46. The van der Waals surface area contributed by atoms with Gasteiger partial charge in [0.15, 0.2) is 11.5 Å². The Morgan fingerprint density at radius 2 is 1.83 bits per heavy atom. The molecule has 0 saturated heterocycles. The summed E-state index contributed by atoms with van der Waals surface area (Å²) in [6.45, 7) is 2.33. The summed E-state index contributed by atoms with van der Waals surface area (Å²) in [6, 6.07) is 8.22. The van der Waals surface area contributed by atoms with Gasteiger partial charge in [0.1, 0.15) is 0 Å². The fraction of sp³-hybridized carbons (Fsp3) is 0.364. The molecule has 2 amide bonds. The second-order valence-electron chi connectivity index (χ2n) is 7.03. The summed E-state index contributed by atoms with van der Waals surface area (Å²) >= 11 is 6.08. The number of carbonyl (C=O) groups excluding carboxylic acids is 2. The molecule has 0 unspecified atom stereocenters. The summed E-state index contributed by atoms with van der Waals surface area (Å²) < 4.78 is 15.7. The zero-order chi connectivity index (χ0) is 21.8. The number of hydrogen-bond acceptors (Lipinski definition) is 5. The first kappa shape index (κ1) is 21.8. The second-order valence-corrected chi connectivity index (χ2v) is 7.47. The standard InChI is InChI=1S/C22H25ClN2O5/c1-13-5-6-15(23)10-17(13)24-22(27)25-8-7-14-9-19(28-2)20(29-3)11-16(14)18(25)12-21(26)30-4/h5-6,9-11,18H,7-8,12H2,1-4H3,(H,24,27)/t18-/m1/s1. The van der Waals surface area contributed by atoms with Crippen molar-refractivity contribution in [3.63, 3.8) is 0 Å². The summed E-state index contributed by atoms with van der Waals surface area (Å²) in [7, 11) is 4.46. The summed E-state index contributed by atoms with van der Waals surface area (Å²) in [4.78, 5) is 26.9. The molecular formula is C22H25ClN2O5. The van der Waals surface area contributed by atoms with Crippen LogP contribution >= 0.6 is 11.6 Å². The van der Waals surface area contributed by atoms with Crippen molar-refractivity contribution in [2.24, 2.45) is 0 Å². The number of fused-ring (bicyclic) bond motifs is 1. The molecule has 3 rings (SSSR count). The highest BCUT2D eigenvalue weighted by Crippen LogP contribution is 2.40. The Balaban J connectivity index is 1.97. The molecule has 2 aromatic carbocycles. The van der Waals surface area contributed by atoms with Crippen LogP contribution in [0.2, 0.25) is 5.02 Å². The van der Waals surface area contributed by atoms with Crippen LogP contribution in [0.1, 0.15) is 29.2 Å². The van der Waals surface area contributed by atoms with Crippen LogP contribution in [0.15, 0.2) is 30.3 Å². The molecule has 0 radical (unpaired) electrons. The van der Waals surface area contributed by atoms with Gasteiger partial charge in [-0.25, -0.2) is 4.79 Å². The van der Waals surface area contributed by atoms with Crippen LogP contribution in [0.4, 0.5) is 10.5 Å². The summed E-state index contributed by atoms with van der Waals surface area (Å²) in [5.74, 6) is 0.749. The number of esters is 1. The van der Waals surface area contributed by atoms with Crippen LogP contribution in [0.3, 0.4) is 0 Å². The van der Waals surface area contributed by atoms with Gasteiger partial charge < -0.3 is 24.4 Å². The lowest BCUT2D eigenvalue weighted by atomic mass is 9.90. The molecular weight excluding hydrogens is 408 g/mol. The number of carbonyl (C=O) groups is 2. The maximum absolute atomic E-state index is 13.2. The van der Waals surface area contributed by atoms with Crippen molar-refractivity contribution in [2.45, 2.75) is 25.8 Å². The largest absolute Gasteiger partial charge is 0.493 e. The smallest absolute Gasteiger partial charge is 0.322 e. The molecule has 0 bridgehead atoms. The Bertz CT molecular complexity index is 963. The third-order valence-corrected chi connectivity index (χ3v) is 5.53. The molecule has 8 heteroatoms. The number of halogens is 1. The molecule has 1 atom stereocenters. The molecule has 1 aliphatic heterocycles. The SMILES string of the molecule is COC(=O)C[C@@H]1c2cc(OC)c(OC)cc2CCN1C(=O)Nc1cc(Cl)ccc1C. The van der Waals surface area contributed by atoms with E-state index >= 15 is 0 Å². The van der Waals surface area contributed by atoms with E-state index in [9.17, 15) is 9.59 Å². The first-order valence-electron chi connectivity index (χ1n) is 9.53. The highest BCUT2D eigenvalue weighted by atomic mass is 35.5. The number of urea groups is 1. The average Bonchev–Trinajstić information content (AvgIpc) is 2.75. The molecule has 0 saturated carbocycles. The number of rotatable bonds is 5. The van der Waals surface area contributed by atoms with Gasteiger partial charge in [0.25, 0.3) is 0 Å². The minimum Gasteiger partial charge on any atom is -0.493 e. The van der Waals surface area contributed by atoms with Gasteiger partial charge in [-0.15, -0.1) is 0 Å². The maximum atomic E-state index is 13.2. The molecule has 0 spiro atoms. The highest BCUT2D eigenvalue weighted by Gasteiger charge is 2.34. The lowest BCUT2D eigenvalue weighted by Crippen LogP contribution is -2.43. The molecule has 2 aromatic rings. The topological polar surface area (TPSA) is 77.1 Å². The molecule has 160 valence electrons. The average molecular weight is 433 g/mol. The number of anilines is 1. The number of amides is 2. The molecule has 30 heavy (non-hydrogen) atoms. The van der Waals surface area contributed by atoms with Crippen LogP contribution in [-0.2, 0) is 16.0 Å². The molecule has 7 nitrogen and oxygen atoms in total. The lowest BCUT2D eigenvalue weighted by Gasteiger charge is -2.37. The van der Waals surface area contributed by atoms with Crippen LogP contribution in [0.5, 0.6) is 11.5 Å². The second kappa shape index (κ2) is 9.26. The van der Waals surface area contributed by atoms with Crippen molar-refractivity contribution in [2.75, 3.05) is 33.2 Å². The third-order valence-electron chi connectivity index (χ3n) is 5.29. The summed E-state index contributed by atoms with van der Waals surface area (Å²) in [5, 5.41) is 3.45. The Hall–Kier alpha value is -2.93. The van der Waals surface area contributed by atoms with Gasteiger partial charge in [0.05, 0.1) is 33.8 Å². The molecule has 0 fully saturated rings. The quantitative estimate of drug-likeness (QED) is 0.710. The number of ether oxygens (including phenoxy) is 3.